The van der Waals surface area contributed by atoms with Gasteiger partial charge in [0.25, 0.3) is 5.91 Å². The standard InChI is InChI=1S/C23H29N3O3/c1-28-21-12-16-9-11-26(15-17(16)13-22(21)29-2)19-8-10-24-20(14-19)23(27)25-18-6-4-3-5-7-18/h8,10,12-14,18H,3-7,9,11,15H2,1-2H3,(H,25,27). The van der Waals surface area contributed by atoms with E-state index in [1.807, 2.05) is 12.1 Å². The summed E-state index contributed by atoms with van der Waals surface area (Å²) in [7, 11) is 3.32. The van der Waals surface area contributed by atoms with E-state index >= 15 is 0 Å². The highest BCUT2D eigenvalue weighted by molar-refractivity contribution is 5.93. The van der Waals surface area contributed by atoms with Gasteiger partial charge in [-0.15, -0.1) is 0 Å². The molecule has 0 spiro atoms. The minimum absolute atomic E-state index is 0.0671. The van der Waals surface area contributed by atoms with Crippen molar-refractivity contribution in [3.8, 4) is 11.5 Å². The summed E-state index contributed by atoms with van der Waals surface area (Å²) < 4.78 is 10.9. The van der Waals surface area contributed by atoms with E-state index in [9.17, 15) is 4.79 Å². The third-order valence-electron chi connectivity index (χ3n) is 6.00. The SMILES string of the molecule is COc1cc2c(cc1OC)CN(c1ccnc(C(=O)NC3CCCCC3)c1)CC2. The van der Waals surface area contributed by atoms with Crippen molar-refractivity contribution in [2.75, 3.05) is 25.7 Å². The van der Waals surface area contributed by atoms with Crippen molar-refractivity contribution in [2.45, 2.75) is 51.1 Å². The number of pyridine rings is 1. The summed E-state index contributed by atoms with van der Waals surface area (Å²) in [6.45, 7) is 1.65. The molecule has 1 aromatic heterocycles. The number of anilines is 1. The number of carbonyl (C=O) groups excluding carboxylic acids is 1. The van der Waals surface area contributed by atoms with Crippen LogP contribution in [0.15, 0.2) is 30.5 Å². The summed E-state index contributed by atoms with van der Waals surface area (Å²) in [5.41, 5.74) is 4.02. The van der Waals surface area contributed by atoms with Gasteiger partial charge < -0.3 is 19.7 Å². The van der Waals surface area contributed by atoms with Crippen molar-refractivity contribution in [1.29, 1.82) is 0 Å². The molecule has 1 aliphatic heterocycles. The first-order chi connectivity index (χ1) is 14.2. The number of fused-ring (bicyclic) bond motifs is 1. The number of methoxy groups -OCH3 is 2. The average Bonchev–Trinajstić information content (AvgIpc) is 2.78. The highest BCUT2D eigenvalue weighted by Crippen LogP contribution is 2.34. The number of nitrogens with zero attached hydrogens (tertiary/aromatic N) is 2. The van der Waals surface area contributed by atoms with E-state index in [1.54, 1.807) is 20.4 Å². The number of amides is 1. The van der Waals surface area contributed by atoms with Crippen LogP contribution in [0.2, 0.25) is 0 Å². The van der Waals surface area contributed by atoms with Crippen LogP contribution in [0.3, 0.4) is 0 Å². The molecule has 29 heavy (non-hydrogen) atoms. The zero-order chi connectivity index (χ0) is 20.2. The molecule has 2 aromatic rings. The van der Waals surface area contributed by atoms with Gasteiger partial charge in [0.05, 0.1) is 14.2 Å². The Hall–Kier alpha value is -2.76. The molecule has 1 fully saturated rings. The summed E-state index contributed by atoms with van der Waals surface area (Å²) in [6.07, 6.45) is 8.45. The number of hydrogen-bond acceptors (Lipinski definition) is 5. The second-order valence-corrected chi connectivity index (χ2v) is 7.86. The Labute approximate surface area is 172 Å². The maximum Gasteiger partial charge on any atom is 0.270 e. The normalized spacial score (nSPS) is 16.8. The second-order valence-electron chi connectivity index (χ2n) is 7.86. The van der Waals surface area contributed by atoms with Crippen LogP contribution in [0.4, 0.5) is 5.69 Å². The van der Waals surface area contributed by atoms with Gasteiger partial charge >= 0.3 is 0 Å². The maximum atomic E-state index is 12.7. The number of nitrogens with one attached hydrogen (secondary N) is 1. The lowest BCUT2D eigenvalue weighted by Crippen LogP contribution is -2.36. The second kappa shape index (κ2) is 8.72. The summed E-state index contributed by atoms with van der Waals surface area (Å²) in [6, 6.07) is 8.29. The Bertz CT molecular complexity index is 878. The first-order valence-corrected chi connectivity index (χ1v) is 10.4. The van der Waals surface area contributed by atoms with Crippen LogP contribution in [0.5, 0.6) is 11.5 Å². The van der Waals surface area contributed by atoms with E-state index < -0.39 is 0 Å². The zero-order valence-electron chi connectivity index (χ0n) is 17.2. The van der Waals surface area contributed by atoms with Gasteiger partial charge in [-0.25, -0.2) is 0 Å². The Morgan fingerprint density at radius 2 is 1.79 bits per heavy atom. The minimum atomic E-state index is -0.0671. The Balaban J connectivity index is 1.49. The quantitative estimate of drug-likeness (QED) is 0.836. The fourth-order valence-corrected chi connectivity index (χ4v) is 4.35. The van der Waals surface area contributed by atoms with Crippen LogP contribution in [0.1, 0.15) is 53.7 Å². The van der Waals surface area contributed by atoms with Gasteiger partial charge in [-0.3, -0.25) is 9.78 Å². The largest absolute Gasteiger partial charge is 0.493 e. The Morgan fingerprint density at radius 1 is 1.07 bits per heavy atom. The van der Waals surface area contributed by atoms with E-state index in [0.29, 0.717) is 5.69 Å². The molecule has 6 heteroatoms. The minimum Gasteiger partial charge on any atom is -0.493 e. The van der Waals surface area contributed by atoms with Gasteiger partial charge in [-0.05, 0) is 54.7 Å². The lowest BCUT2D eigenvalue weighted by Gasteiger charge is -2.31. The van der Waals surface area contributed by atoms with Crippen molar-refractivity contribution in [2.24, 2.45) is 0 Å². The molecule has 6 nitrogen and oxygen atoms in total. The molecule has 2 aliphatic rings. The van der Waals surface area contributed by atoms with Gasteiger partial charge in [0, 0.05) is 31.0 Å². The van der Waals surface area contributed by atoms with Crippen molar-refractivity contribution in [3.63, 3.8) is 0 Å². The summed E-state index contributed by atoms with van der Waals surface area (Å²) in [5, 5.41) is 3.16. The third kappa shape index (κ3) is 4.31. The van der Waals surface area contributed by atoms with E-state index in [1.165, 1.54) is 30.4 Å². The molecule has 1 aliphatic carbocycles. The van der Waals surface area contributed by atoms with E-state index in [4.69, 9.17) is 9.47 Å². The topological polar surface area (TPSA) is 63.7 Å². The first-order valence-electron chi connectivity index (χ1n) is 10.4. The van der Waals surface area contributed by atoms with Gasteiger partial charge in [0.2, 0.25) is 0 Å². The van der Waals surface area contributed by atoms with E-state index in [2.05, 4.69) is 27.3 Å². The fourth-order valence-electron chi connectivity index (χ4n) is 4.35. The van der Waals surface area contributed by atoms with Crippen molar-refractivity contribution < 1.29 is 14.3 Å². The number of aromatic nitrogens is 1. The molecule has 154 valence electrons. The van der Waals surface area contributed by atoms with E-state index in [0.717, 1.165) is 49.5 Å². The Kier molecular flexibility index (Phi) is 5.88. The Morgan fingerprint density at radius 3 is 2.52 bits per heavy atom. The predicted molar refractivity (Wildman–Crippen MR) is 113 cm³/mol. The van der Waals surface area contributed by atoms with Crippen LogP contribution in [0, 0.1) is 0 Å². The predicted octanol–water partition coefficient (Wildman–Crippen LogP) is 3.72. The monoisotopic (exact) mass is 395 g/mol. The molecular weight excluding hydrogens is 366 g/mol. The van der Waals surface area contributed by atoms with Crippen molar-refractivity contribution in [3.05, 3.63) is 47.3 Å². The summed E-state index contributed by atoms with van der Waals surface area (Å²) in [4.78, 5) is 19.3. The average molecular weight is 396 g/mol. The molecule has 2 heterocycles. The number of hydrogen-bond donors (Lipinski definition) is 1. The fraction of sp³-hybridized carbons (Fsp3) is 0.478. The molecule has 0 radical (unpaired) electrons. The summed E-state index contributed by atoms with van der Waals surface area (Å²) in [5.74, 6) is 1.45. The maximum absolute atomic E-state index is 12.7. The molecule has 1 N–H and O–H groups in total. The number of ether oxygens (including phenoxy) is 2. The van der Waals surface area contributed by atoms with Gasteiger partial charge in [0.15, 0.2) is 11.5 Å². The van der Waals surface area contributed by atoms with Crippen LogP contribution in [-0.4, -0.2) is 37.7 Å². The molecule has 1 saturated carbocycles. The lowest BCUT2D eigenvalue weighted by atomic mass is 9.95. The van der Waals surface area contributed by atoms with E-state index in [-0.39, 0.29) is 11.9 Å². The molecule has 1 aromatic carbocycles. The van der Waals surface area contributed by atoms with Crippen LogP contribution >= 0.6 is 0 Å². The highest BCUT2D eigenvalue weighted by Gasteiger charge is 2.22. The highest BCUT2D eigenvalue weighted by atomic mass is 16.5. The molecule has 0 saturated heterocycles. The number of rotatable bonds is 5. The van der Waals surface area contributed by atoms with Gasteiger partial charge in [-0.2, -0.15) is 0 Å². The number of benzene rings is 1. The molecule has 4 rings (SSSR count). The van der Waals surface area contributed by atoms with Crippen molar-refractivity contribution in [1.82, 2.24) is 10.3 Å². The molecular formula is C23H29N3O3. The molecule has 0 bridgehead atoms. The zero-order valence-corrected chi connectivity index (χ0v) is 17.2. The van der Waals surface area contributed by atoms with Crippen LogP contribution < -0.4 is 19.7 Å². The summed E-state index contributed by atoms with van der Waals surface area (Å²) >= 11 is 0. The molecule has 0 atom stereocenters. The van der Waals surface area contributed by atoms with Crippen LogP contribution in [-0.2, 0) is 13.0 Å². The lowest BCUT2D eigenvalue weighted by molar-refractivity contribution is 0.0922. The first kappa shape index (κ1) is 19.6. The molecule has 1 amide bonds. The molecule has 0 unspecified atom stereocenters. The van der Waals surface area contributed by atoms with Gasteiger partial charge in [-0.1, -0.05) is 19.3 Å². The number of carbonyl (C=O) groups is 1. The van der Waals surface area contributed by atoms with Crippen molar-refractivity contribution >= 4 is 11.6 Å². The smallest absolute Gasteiger partial charge is 0.270 e. The third-order valence-corrected chi connectivity index (χ3v) is 6.00. The van der Waals surface area contributed by atoms with Crippen LogP contribution in [0.25, 0.3) is 0 Å². The van der Waals surface area contributed by atoms with Gasteiger partial charge in [0.1, 0.15) is 5.69 Å².